The van der Waals surface area contributed by atoms with Gasteiger partial charge in [0, 0.05) is 51.0 Å². The predicted molar refractivity (Wildman–Crippen MR) is 128 cm³/mol. The van der Waals surface area contributed by atoms with E-state index < -0.39 is 12.0 Å². The number of hydrogen-bond acceptors (Lipinski definition) is 5. The van der Waals surface area contributed by atoms with Crippen molar-refractivity contribution in [1.82, 2.24) is 20.0 Å². The SMILES string of the molecule is CCOC(=O)C1=C(CN2CCN(C(=O)c3ccccc3)CC2)N(C)C(=O)NC1c1ccccc1. The maximum atomic E-state index is 13.1. The Bertz CT molecular complexity index is 1060. The summed E-state index contributed by atoms with van der Waals surface area (Å²) < 4.78 is 5.39. The average Bonchev–Trinajstić information content (AvgIpc) is 2.87. The summed E-state index contributed by atoms with van der Waals surface area (Å²) in [7, 11) is 1.67. The van der Waals surface area contributed by atoms with Gasteiger partial charge in [-0.2, -0.15) is 0 Å². The first-order valence-corrected chi connectivity index (χ1v) is 11.6. The van der Waals surface area contributed by atoms with Gasteiger partial charge in [0.15, 0.2) is 0 Å². The molecule has 1 atom stereocenters. The first kappa shape index (κ1) is 23.5. The molecule has 0 bridgehead atoms. The van der Waals surface area contributed by atoms with Crippen molar-refractivity contribution in [2.45, 2.75) is 13.0 Å². The van der Waals surface area contributed by atoms with E-state index >= 15 is 0 Å². The fraction of sp³-hybridized carbons (Fsp3) is 0.346. The van der Waals surface area contributed by atoms with E-state index in [9.17, 15) is 14.4 Å². The van der Waals surface area contributed by atoms with Gasteiger partial charge in [0.25, 0.3) is 5.91 Å². The van der Waals surface area contributed by atoms with E-state index in [4.69, 9.17) is 4.74 Å². The second-order valence-electron chi connectivity index (χ2n) is 8.37. The predicted octanol–water partition coefficient (Wildman–Crippen LogP) is 2.66. The second kappa shape index (κ2) is 10.5. The van der Waals surface area contributed by atoms with Crippen LogP contribution in [0.3, 0.4) is 0 Å². The highest BCUT2D eigenvalue weighted by Crippen LogP contribution is 2.31. The molecule has 2 heterocycles. The molecule has 1 unspecified atom stereocenters. The van der Waals surface area contributed by atoms with E-state index in [1.807, 2.05) is 65.6 Å². The van der Waals surface area contributed by atoms with Crippen molar-refractivity contribution in [3.05, 3.63) is 83.1 Å². The number of nitrogens with one attached hydrogen (secondary N) is 1. The number of carbonyl (C=O) groups is 3. The third-order valence-corrected chi connectivity index (χ3v) is 6.26. The fourth-order valence-corrected chi connectivity index (χ4v) is 4.38. The Kier molecular flexibility index (Phi) is 7.27. The lowest BCUT2D eigenvalue weighted by molar-refractivity contribution is -0.139. The Hall–Kier alpha value is -3.65. The Labute approximate surface area is 199 Å². The number of amides is 3. The van der Waals surface area contributed by atoms with Crippen LogP contribution in [-0.4, -0.2) is 79.0 Å². The lowest BCUT2D eigenvalue weighted by Gasteiger charge is -2.39. The smallest absolute Gasteiger partial charge is 0.338 e. The zero-order valence-electron chi connectivity index (χ0n) is 19.6. The van der Waals surface area contributed by atoms with Gasteiger partial charge in [0.05, 0.1) is 18.2 Å². The van der Waals surface area contributed by atoms with Gasteiger partial charge in [0.1, 0.15) is 0 Å². The Morgan fingerprint density at radius 1 is 0.971 bits per heavy atom. The van der Waals surface area contributed by atoms with Crippen molar-refractivity contribution >= 4 is 17.9 Å². The van der Waals surface area contributed by atoms with Gasteiger partial charge < -0.3 is 15.0 Å². The highest BCUT2D eigenvalue weighted by atomic mass is 16.5. The molecular formula is C26H30N4O4. The third-order valence-electron chi connectivity index (χ3n) is 6.26. The van der Waals surface area contributed by atoms with Crippen LogP contribution in [0.1, 0.15) is 28.9 Å². The van der Waals surface area contributed by atoms with E-state index in [1.54, 1.807) is 14.0 Å². The van der Waals surface area contributed by atoms with E-state index in [-0.39, 0.29) is 18.5 Å². The molecule has 0 saturated carbocycles. The highest BCUT2D eigenvalue weighted by molar-refractivity contribution is 5.95. The molecule has 34 heavy (non-hydrogen) atoms. The van der Waals surface area contributed by atoms with E-state index in [1.165, 1.54) is 4.90 Å². The number of rotatable bonds is 6. The van der Waals surface area contributed by atoms with Crippen LogP contribution >= 0.6 is 0 Å². The van der Waals surface area contributed by atoms with Gasteiger partial charge in [-0.15, -0.1) is 0 Å². The van der Waals surface area contributed by atoms with Crippen molar-refractivity contribution in [1.29, 1.82) is 0 Å². The van der Waals surface area contributed by atoms with Crippen LogP contribution < -0.4 is 5.32 Å². The van der Waals surface area contributed by atoms with Crippen LogP contribution in [0.25, 0.3) is 0 Å². The van der Waals surface area contributed by atoms with Gasteiger partial charge in [-0.05, 0) is 24.6 Å². The van der Waals surface area contributed by atoms with Crippen molar-refractivity contribution in [2.75, 3.05) is 46.4 Å². The Morgan fingerprint density at radius 2 is 1.59 bits per heavy atom. The van der Waals surface area contributed by atoms with E-state index in [0.717, 1.165) is 5.56 Å². The van der Waals surface area contributed by atoms with E-state index in [2.05, 4.69) is 10.2 Å². The average molecular weight is 463 g/mol. The molecule has 178 valence electrons. The van der Waals surface area contributed by atoms with Gasteiger partial charge in [-0.25, -0.2) is 9.59 Å². The van der Waals surface area contributed by atoms with Crippen molar-refractivity contribution in [3.8, 4) is 0 Å². The molecule has 0 aliphatic carbocycles. The number of urea groups is 1. The quantitative estimate of drug-likeness (QED) is 0.668. The van der Waals surface area contributed by atoms with Gasteiger partial charge >= 0.3 is 12.0 Å². The standard InChI is InChI=1S/C26H30N4O4/c1-3-34-25(32)22-21(28(2)26(33)27-23(22)19-10-6-4-7-11-19)18-29-14-16-30(17-15-29)24(31)20-12-8-5-9-13-20/h4-13,23H,3,14-18H2,1-2H3,(H,27,33). The van der Waals surface area contributed by atoms with Crippen molar-refractivity contribution in [2.24, 2.45) is 0 Å². The summed E-state index contributed by atoms with van der Waals surface area (Å²) in [6.07, 6.45) is 0. The number of esters is 1. The second-order valence-corrected chi connectivity index (χ2v) is 8.37. The number of likely N-dealkylation sites (N-methyl/N-ethyl adjacent to an activating group) is 1. The van der Waals surface area contributed by atoms with Gasteiger partial charge in [-0.3, -0.25) is 14.6 Å². The van der Waals surface area contributed by atoms with Crippen LogP contribution in [0.15, 0.2) is 71.9 Å². The molecule has 1 N–H and O–H groups in total. The molecule has 8 heteroatoms. The molecule has 2 aromatic rings. The molecule has 2 aliphatic heterocycles. The summed E-state index contributed by atoms with van der Waals surface area (Å²) in [5.41, 5.74) is 2.57. The summed E-state index contributed by atoms with van der Waals surface area (Å²) in [5.74, 6) is -0.416. The Morgan fingerprint density at radius 3 is 2.21 bits per heavy atom. The van der Waals surface area contributed by atoms with Gasteiger partial charge in [0.2, 0.25) is 0 Å². The number of hydrogen-bond donors (Lipinski definition) is 1. The summed E-state index contributed by atoms with van der Waals surface area (Å²) in [6.45, 7) is 4.86. The largest absolute Gasteiger partial charge is 0.463 e. The number of ether oxygens (including phenoxy) is 1. The molecule has 2 aromatic carbocycles. The van der Waals surface area contributed by atoms with Crippen LogP contribution in [0.2, 0.25) is 0 Å². The van der Waals surface area contributed by atoms with Crippen LogP contribution in [0.4, 0.5) is 4.79 Å². The summed E-state index contributed by atoms with van der Waals surface area (Å²) in [4.78, 5) is 44.2. The monoisotopic (exact) mass is 462 g/mol. The molecule has 2 aliphatic rings. The first-order chi connectivity index (χ1) is 16.5. The normalized spacial score (nSPS) is 19.1. The lowest BCUT2D eigenvalue weighted by atomic mass is 9.94. The highest BCUT2D eigenvalue weighted by Gasteiger charge is 2.37. The minimum Gasteiger partial charge on any atom is -0.463 e. The third kappa shape index (κ3) is 4.97. The molecule has 0 spiro atoms. The number of piperazine rings is 1. The minimum absolute atomic E-state index is 0.0185. The molecule has 1 saturated heterocycles. The molecule has 0 aromatic heterocycles. The number of carbonyl (C=O) groups excluding carboxylic acids is 3. The van der Waals surface area contributed by atoms with Crippen molar-refractivity contribution < 1.29 is 19.1 Å². The van der Waals surface area contributed by atoms with Crippen LogP contribution in [-0.2, 0) is 9.53 Å². The molecule has 1 fully saturated rings. The molecule has 0 radical (unpaired) electrons. The lowest BCUT2D eigenvalue weighted by Crippen LogP contribution is -2.53. The number of benzene rings is 2. The molecule has 3 amide bonds. The first-order valence-electron chi connectivity index (χ1n) is 11.6. The van der Waals surface area contributed by atoms with Crippen molar-refractivity contribution in [3.63, 3.8) is 0 Å². The van der Waals surface area contributed by atoms with Crippen LogP contribution in [0.5, 0.6) is 0 Å². The summed E-state index contributed by atoms with van der Waals surface area (Å²) in [5, 5.41) is 2.94. The maximum absolute atomic E-state index is 13.1. The molecule has 4 rings (SSSR count). The molecular weight excluding hydrogens is 432 g/mol. The minimum atomic E-state index is -0.583. The van der Waals surface area contributed by atoms with E-state index in [0.29, 0.717) is 49.6 Å². The number of nitrogens with zero attached hydrogens (tertiary/aromatic N) is 3. The van der Waals surface area contributed by atoms with Gasteiger partial charge in [-0.1, -0.05) is 48.5 Å². The zero-order chi connectivity index (χ0) is 24.1. The molecule has 8 nitrogen and oxygen atoms in total. The maximum Gasteiger partial charge on any atom is 0.338 e. The summed E-state index contributed by atoms with van der Waals surface area (Å²) >= 11 is 0. The summed E-state index contributed by atoms with van der Waals surface area (Å²) in [6, 6.07) is 17.8. The Balaban J connectivity index is 1.55. The topological polar surface area (TPSA) is 82.2 Å². The fourth-order valence-electron chi connectivity index (χ4n) is 4.38. The van der Waals surface area contributed by atoms with Crippen LogP contribution in [0, 0.1) is 0 Å². The zero-order valence-corrected chi connectivity index (χ0v) is 19.6.